The van der Waals surface area contributed by atoms with Crippen LogP contribution in [0.1, 0.15) is 15.5 Å². The third-order valence-corrected chi connectivity index (χ3v) is 3.01. The summed E-state index contributed by atoms with van der Waals surface area (Å²) in [5.41, 5.74) is 0.759. The average molecular weight is 217 g/mol. The number of nitrogens with one attached hydrogen (secondary N) is 1. The van der Waals surface area contributed by atoms with Crippen molar-refractivity contribution in [2.24, 2.45) is 0 Å². The molecular formula is C10H7N3OS. The Hall–Kier alpha value is -1.88. The molecule has 0 amide bonds. The first-order valence-electron chi connectivity index (χ1n) is 4.46. The fraction of sp³-hybridized carbons (Fsp3) is 0. The lowest BCUT2D eigenvalue weighted by atomic mass is 10.3. The first-order chi connectivity index (χ1) is 7.34. The summed E-state index contributed by atoms with van der Waals surface area (Å²) < 4.78 is 1.72. The number of carbonyl (C=O) groups is 1. The molecule has 0 spiro atoms. The molecule has 74 valence electrons. The van der Waals surface area contributed by atoms with Crippen LogP contribution in [0.5, 0.6) is 0 Å². The van der Waals surface area contributed by atoms with Crippen LogP contribution < -0.4 is 0 Å². The summed E-state index contributed by atoms with van der Waals surface area (Å²) in [7, 11) is 0. The molecule has 0 fully saturated rings. The molecule has 0 aromatic carbocycles. The van der Waals surface area contributed by atoms with Crippen LogP contribution in [-0.2, 0) is 0 Å². The normalized spacial score (nSPS) is 10.9. The van der Waals surface area contributed by atoms with Crippen LogP contribution in [0.2, 0.25) is 0 Å². The van der Waals surface area contributed by atoms with Crippen LogP contribution in [0.4, 0.5) is 0 Å². The maximum atomic E-state index is 11.9. The lowest BCUT2D eigenvalue weighted by Crippen LogP contribution is -2.01. The zero-order chi connectivity index (χ0) is 10.3. The maximum Gasteiger partial charge on any atom is 0.239 e. The molecule has 4 nitrogen and oxygen atoms in total. The van der Waals surface area contributed by atoms with Crippen LogP contribution in [-0.4, -0.2) is 20.4 Å². The second-order valence-corrected chi connectivity index (χ2v) is 4.06. The van der Waals surface area contributed by atoms with Gasteiger partial charge in [-0.25, -0.2) is 9.50 Å². The molecular weight excluding hydrogens is 210 g/mol. The smallest absolute Gasteiger partial charge is 0.239 e. The van der Waals surface area contributed by atoms with Gasteiger partial charge in [-0.15, -0.1) is 11.3 Å². The van der Waals surface area contributed by atoms with Crippen molar-refractivity contribution < 1.29 is 4.79 Å². The molecule has 5 heteroatoms. The Kier molecular flexibility index (Phi) is 1.72. The Balaban J connectivity index is 2.07. The van der Waals surface area contributed by atoms with E-state index >= 15 is 0 Å². The lowest BCUT2D eigenvalue weighted by Gasteiger charge is -1.90. The molecule has 1 N–H and O–H groups in total. The molecule has 0 bridgehead atoms. The van der Waals surface area contributed by atoms with Crippen LogP contribution in [0.3, 0.4) is 0 Å². The van der Waals surface area contributed by atoms with Gasteiger partial charge in [0.1, 0.15) is 0 Å². The number of aromatic amines is 1. The van der Waals surface area contributed by atoms with Gasteiger partial charge in [-0.2, -0.15) is 0 Å². The fourth-order valence-corrected chi connectivity index (χ4v) is 2.10. The lowest BCUT2D eigenvalue weighted by molar-refractivity contribution is 0.103. The summed E-state index contributed by atoms with van der Waals surface area (Å²) >= 11 is 1.42. The third-order valence-electron chi connectivity index (χ3n) is 2.14. The van der Waals surface area contributed by atoms with Gasteiger partial charge in [0.05, 0.1) is 4.88 Å². The Morgan fingerprint density at radius 3 is 3.07 bits per heavy atom. The second kappa shape index (κ2) is 3.06. The van der Waals surface area contributed by atoms with Crippen molar-refractivity contribution in [3.8, 4) is 0 Å². The highest BCUT2D eigenvalue weighted by Crippen LogP contribution is 2.13. The van der Waals surface area contributed by atoms with Crippen molar-refractivity contribution in [3.63, 3.8) is 0 Å². The Bertz CT molecular complexity index is 577. The maximum absolute atomic E-state index is 11.9. The molecule has 0 aliphatic heterocycles. The van der Waals surface area contributed by atoms with E-state index in [2.05, 4.69) is 10.1 Å². The zero-order valence-corrected chi connectivity index (χ0v) is 8.49. The highest BCUT2D eigenvalue weighted by atomic mass is 32.1. The van der Waals surface area contributed by atoms with Crippen LogP contribution in [0.15, 0.2) is 35.8 Å². The van der Waals surface area contributed by atoms with Crippen molar-refractivity contribution >= 4 is 22.8 Å². The quantitative estimate of drug-likeness (QED) is 0.667. The van der Waals surface area contributed by atoms with Gasteiger partial charge in [-0.05, 0) is 23.6 Å². The standard InChI is InChI=1S/C10H7N3OS/c14-9(7-3-2-6-15-7)10-11-8-4-1-5-13(8)12-10/h1-6H,(H,11,12). The van der Waals surface area contributed by atoms with Gasteiger partial charge in [-0.1, -0.05) is 6.07 Å². The molecule has 15 heavy (non-hydrogen) atoms. The van der Waals surface area contributed by atoms with Gasteiger partial charge in [0.25, 0.3) is 0 Å². The summed E-state index contributed by atoms with van der Waals surface area (Å²) in [6, 6.07) is 7.37. The highest BCUT2D eigenvalue weighted by Gasteiger charge is 2.14. The average Bonchev–Trinajstić information content (AvgIpc) is 2.92. The number of rotatable bonds is 2. The van der Waals surface area contributed by atoms with Crippen LogP contribution in [0.25, 0.3) is 5.65 Å². The van der Waals surface area contributed by atoms with Gasteiger partial charge >= 0.3 is 0 Å². The fourth-order valence-electron chi connectivity index (χ4n) is 1.44. The number of ketones is 1. The van der Waals surface area contributed by atoms with E-state index in [1.165, 1.54) is 11.3 Å². The van der Waals surface area contributed by atoms with Crippen molar-refractivity contribution in [3.05, 3.63) is 46.5 Å². The van der Waals surface area contributed by atoms with E-state index < -0.39 is 0 Å². The predicted octanol–water partition coefficient (Wildman–Crippen LogP) is 1.95. The minimum Gasteiger partial charge on any atom is -0.284 e. The molecule has 3 heterocycles. The summed E-state index contributed by atoms with van der Waals surface area (Å²) in [5, 5.41) is 4.80. The largest absolute Gasteiger partial charge is 0.284 e. The van der Waals surface area contributed by atoms with Gasteiger partial charge in [0.15, 0.2) is 11.5 Å². The molecule has 0 saturated heterocycles. The molecule has 0 saturated carbocycles. The molecule has 3 aromatic heterocycles. The molecule has 0 atom stereocenters. The molecule has 0 radical (unpaired) electrons. The SMILES string of the molecule is O=C(c1nc2cccn2[nH]1)c1cccs1. The van der Waals surface area contributed by atoms with E-state index in [4.69, 9.17) is 0 Å². The molecule has 0 unspecified atom stereocenters. The van der Waals surface area contributed by atoms with Gasteiger partial charge in [0, 0.05) is 6.20 Å². The Morgan fingerprint density at radius 1 is 1.40 bits per heavy atom. The number of aromatic nitrogens is 3. The van der Waals surface area contributed by atoms with Crippen LogP contribution in [0, 0.1) is 0 Å². The van der Waals surface area contributed by atoms with Gasteiger partial charge < -0.3 is 0 Å². The van der Waals surface area contributed by atoms with Crippen molar-refractivity contribution in [1.82, 2.24) is 14.6 Å². The minimum absolute atomic E-state index is 0.0614. The summed E-state index contributed by atoms with van der Waals surface area (Å²) in [5.74, 6) is 0.321. The van der Waals surface area contributed by atoms with Crippen LogP contribution >= 0.6 is 11.3 Å². The zero-order valence-electron chi connectivity index (χ0n) is 7.68. The van der Waals surface area contributed by atoms with Crippen molar-refractivity contribution in [2.45, 2.75) is 0 Å². The molecule has 0 aliphatic rings. The van der Waals surface area contributed by atoms with E-state index in [1.807, 2.05) is 29.8 Å². The first kappa shape index (κ1) is 8.43. The van der Waals surface area contributed by atoms with Crippen molar-refractivity contribution in [1.29, 1.82) is 0 Å². The topological polar surface area (TPSA) is 50.2 Å². The van der Waals surface area contributed by atoms with E-state index in [-0.39, 0.29) is 5.78 Å². The van der Waals surface area contributed by atoms with Crippen molar-refractivity contribution in [2.75, 3.05) is 0 Å². The summed E-state index contributed by atoms with van der Waals surface area (Å²) in [4.78, 5) is 16.8. The van der Waals surface area contributed by atoms with E-state index in [0.29, 0.717) is 10.7 Å². The number of nitrogens with zero attached hydrogens (tertiary/aromatic N) is 2. The highest BCUT2D eigenvalue weighted by molar-refractivity contribution is 7.12. The van der Waals surface area contributed by atoms with E-state index in [0.717, 1.165) is 5.65 Å². The summed E-state index contributed by atoms with van der Waals surface area (Å²) in [6.07, 6.45) is 1.83. The minimum atomic E-state index is -0.0614. The Labute approximate surface area is 89.2 Å². The van der Waals surface area contributed by atoms with Gasteiger partial charge in [-0.3, -0.25) is 9.89 Å². The molecule has 3 rings (SSSR count). The summed E-state index contributed by atoms with van der Waals surface area (Å²) in [6.45, 7) is 0. The monoisotopic (exact) mass is 217 g/mol. The number of H-pyrrole nitrogens is 1. The third kappa shape index (κ3) is 1.28. The van der Waals surface area contributed by atoms with E-state index in [9.17, 15) is 4.79 Å². The number of carbonyl (C=O) groups excluding carboxylic acids is 1. The molecule has 0 aliphatic carbocycles. The molecule has 3 aromatic rings. The predicted molar refractivity (Wildman–Crippen MR) is 57.3 cm³/mol. The number of hydrogen-bond acceptors (Lipinski definition) is 3. The Morgan fingerprint density at radius 2 is 2.33 bits per heavy atom. The second-order valence-electron chi connectivity index (χ2n) is 3.12. The number of fused-ring (bicyclic) bond motifs is 1. The number of thiophene rings is 1. The van der Waals surface area contributed by atoms with Gasteiger partial charge in [0.2, 0.25) is 5.78 Å². The first-order valence-corrected chi connectivity index (χ1v) is 5.34. The number of hydrogen-bond donors (Lipinski definition) is 1. The van der Waals surface area contributed by atoms with E-state index in [1.54, 1.807) is 10.6 Å².